The quantitative estimate of drug-likeness (QED) is 0.635. The molecule has 5 heteroatoms. The molecule has 1 aromatic heterocycles. The van der Waals surface area contributed by atoms with Gasteiger partial charge in [0.05, 0.1) is 13.7 Å². The zero-order valence-corrected chi connectivity index (χ0v) is 14.2. The molecule has 4 nitrogen and oxygen atoms in total. The number of aryl methyl sites for hydroxylation is 1. The van der Waals surface area contributed by atoms with E-state index in [1.165, 1.54) is 15.3 Å². The fraction of sp³-hybridized carbons (Fsp3) is 0.353. The van der Waals surface area contributed by atoms with Crippen LogP contribution in [-0.4, -0.2) is 20.1 Å². The summed E-state index contributed by atoms with van der Waals surface area (Å²) in [5.74, 6) is 1.68. The van der Waals surface area contributed by atoms with E-state index in [0.29, 0.717) is 0 Å². The van der Waals surface area contributed by atoms with E-state index in [1.54, 1.807) is 14.2 Å². The van der Waals surface area contributed by atoms with Crippen molar-refractivity contribution in [2.24, 2.45) is 4.99 Å². The largest absolute Gasteiger partial charge is 0.497 e. The van der Waals surface area contributed by atoms with E-state index < -0.39 is 0 Å². The number of hydrogen-bond donors (Lipinski definition) is 2. The van der Waals surface area contributed by atoms with Crippen molar-refractivity contribution in [3.05, 3.63) is 51.7 Å². The first kappa shape index (κ1) is 16.4. The minimum Gasteiger partial charge on any atom is -0.497 e. The van der Waals surface area contributed by atoms with Crippen molar-refractivity contribution in [3.63, 3.8) is 0 Å². The number of nitrogens with zero attached hydrogens (tertiary/aromatic N) is 1. The maximum atomic E-state index is 5.16. The maximum Gasteiger partial charge on any atom is 0.191 e. The van der Waals surface area contributed by atoms with Crippen molar-refractivity contribution < 1.29 is 4.74 Å². The number of ether oxygens (including phenoxy) is 1. The maximum absolute atomic E-state index is 5.16. The molecule has 0 fully saturated rings. The third kappa shape index (κ3) is 4.77. The van der Waals surface area contributed by atoms with Crippen LogP contribution in [0, 0.1) is 0 Å². The molecule has 1 aromatic carbocycles. The van der Waals surface area contributed by atoms with E-state index in [1.807, 2.05) is 35.6 Å². The molecule has 0 amide bonds. The highest BCUT2D eigenvalue weighted by atomic mass is 32.1. The monoisotopic (exact) mass is 317 g/mol. The van der Waals surface area contributed by atoms with Crippen LogP contribution in [0.15, 0.2) is 41.4 Å². The first-order chi connectivity index (χ1) is 10.7. The molecule has 0 spiro atoms. The zero-order valence-electron chi connectivity index (χ0n) is 13.3. The number of hydrogen-bond acceptors (Lipinski definition) is 3. The Morgan fingerprint density at radius 2 is 1.73 bits per heavy atom. The van der Waals surface area contributed by atoms with Gasteiger partial charge in [0.1, 0.15) is 5.75 Å². The van der Waals surface area contributed by atoms with Crippen LogP contribution in [0.25, 0.3) is 0 Å². The molecular formula is C17H23N3OS. The molecular weight excluding hydrogens is 294 g/mol. The van der Waals surface area contributed by atoms with E-state index in [-0.39, 0.29) is 0 Å². The second-order valence-electron chi connectivity index (χ2n) is 4.85. The smallest absolute Gasteiger partial charge is 0.191 e. The summed E-state index contributed by atoms with van der Waals surface area (Å²) in [6, 6.07) is 12.4. The Morgan fingerprint density at radius 3 is 2.32 bits per heavy atom. The van der Waals surface area contributed by atoms with E-state index in [9.17, 15) is 0 Å². The van der Waals surface area contributed by atoms with Crippen LogP contribution < -0.4 is 15.4 Å². The summed E-state index contributed by atoms with van der Waals surface area (Å²) in [4.78, 5) is 6.99. The van der Waals surface area contributed by atoms with Crippen molar-refractivity contribution in [3.8, 4) is 5.75 Å². The van der Waals surface area contributed by atoms with Gasteiger partial charge < -0.3 is 15.4 Å². The van der Waals surface area contributed by atoms with Gasteiger partial charge in [-0.1, -0.05) is 19.1 Å². The van der Waals surface area contributed by atoms with Crippen molar-refractivity contribution in [1.29, 1.82) is 0 Å². The third-order valence-electron chi connectivity index (χ3n) is 3.34. The van der Waals surface area contributed by atoms with Crippen LogP contribution in [0.5, 0.6) is 5.75 Å². The Hall–Kier alpha value is -2.01. The topological polar surface area (TPSA) is 45.7 Å². The van der Waals surface area contributed by atoms with Gasteiger partial charge in [-0.3, -0.25) is 4.99 Å². The van der Waals surface area contributed by atoms with Crippen LogP contribution in [0.2, 0.25) is 0 Å². The van der Waals surface area contributed by atoms with Crippen molar-refractivity contribution in [2.75, 3.05) is 14.2 Å². The second-order valence-corrected chi connectivity index (χ2v) is 6.10. The lowest BCUT2D eigenvalue weighted by atomic mass is 10.2. The fourth-order valence-corrected chi connectivity index (χ4v) is 2.93. The molecule has 0 aliphatic carbocycles. The predicted molar refractivity (Wildman–Crippen MR) is 93.7 cm³/mol. The third-order valence-corrected chi connectivity index (χ3v) is 4.57. The molecule has 0 saturated carbocycles. The number of aliphatic imine (C=N–C) groups is 1. The number of thiophene rings is 1. The average molecular weight is 317 g/mol. The summed E-state index contributed by atoms with van der Waals surface area (Å²) in [6.07, 6.45) is 1.09. The number of guanidine groups is 1. The van der Waals surface area contributed by atoms with E-state index >= 15 is 0 Å². The molecule has 0 aliphatic rings. The number of methoxy groups -OCH3 is 1. The summed E-state index contributed by atoms with van der Waals surface area (Å²) in [7, 11) is 3.46. The van der Waals surface area contributed by atoms with Crippen LogP contribution >= 0.6 is 11.3 Å². The van der Waals surface area contributed by atoms with Crippen LogP contribution in [0.3, 0.4) is 0 Å². The predicted octanol–water partition coefficient (Wildman–Crippen LogP) is 3.18. The molecule has 1 heterocycles. The second kappa shape index (κ2) is 8.44. The molecule has 118 valence electrons. The van der Waals surface area contributed by atoms with Crippen molar-refractivity contribution >= 4 is 17.3 Å². The standard InChI is InChI=1S/C17H23N3OS/c1-4-15-9-10-16(22-15)12-20-17(18-2)19-11-13-5-7-14(21-3)8-6-13/h5-10H,4,11-12H2,1-3H3,(H2,18,19,20). The molecule has 0 radical (unpaired) electrons. The normalized spacial score (nSPS) is 11.3. The Bertz CT molecular complexity index is 605. The van der Waals surface area contributed by atoms with E-state index in [4.69, 9.17) is 4.74 Å². The molecule has 2 rings (SSSR count). The van der Waals surface area contributed by atoms with Crippen LogP contribution in [-0.2, 0) is 19.5 Å². The number of nitrogens with one attached hydrogen (secondary N) is 2. The average Bonchev–Trinajstić information content (AvgIpc) is 3.03. The Balaban J connectivity index is 1.81. The van der Waals surface area contributed by atoms with Gasteiger partial charge in [-0.2, -0.15) is 0 Å². The molecule has 0 bridgehead atoms. The minimum absolute atomic E-state index is 0.730. The van der Waals surface area contributed by atoms with Crippen molar-refractivity contribution in [1.82, 2.24) is 10.6 Å². The molecule has 2 N–H and O–H groups in total. The minimum atomic E-state index is 0.730. The Morgan fingerprint density at radius 1 is 1.05 bits per heavy atom. The summed E-state index contributed by atoms with van der Waals surface area (Å²) >= 11 is 1.84. The summed E-state index contributed by atoms with van der Waals surface area (Å²) in [6.45, 7) is 3.71. The molecule has 22 heavy (non-hydrogen) atoms. The highest BCUT2D eigenvalue weighted by molar-refractivity contribution is 7.11. The van der Waals surface area contributed by atoms with Crippen molar-refractivity contribution in [2.45, 2.75) is 26.4 Å². The Labute approximate surface area is 136 Å². The van der Waals surface area contributed by atoms with Gasteiger partial charge in [-0.05, 0) is 36.2 Å². The molecule has 2 aromatic rings. The molecule has 0 saturated heterocycles. The van der Waals surface area contributed by atoms with Gasteiger partial charge in [0.2, 0.25) is 0 Å². The fourth-order valence-electron chi connectivity index (χ4n) is 2.03. The highest BCUT2D eigenvalue weighted by Gasteiger charge is 2.02. The van der Waals surface area contributed by atoms with Gasteiger partial charge in [0, 0.05) is 23.3 Å². The molecule has 0 aliphatic heterocycles. The first-order valence-corrected chi connectivity index (χ1v) is 8.21. The van der Waals surface area contributed by atoms with Gasteiger partial charge in [0.25, 0.3) is 0 Å². The van der Waals surface area contributed by atoms with Crippen LogP contribution in [0.4, 0.5) is 0 Å². The first-order valence-electron chi connectivity index (χ1n) is 7.40. The SMILES string of the molecule is CCc1ccc(CNC(=NC)NCc2ccc(OC)cc2)s1. The summed E-state index contributed by atoms with van der Waals surface area (Å²) in [5.41, 5.74) is 1.19. The lowest BCUT2D eigenvalue weighted by Crippen LogP contribution is -2.36. The van der Waals surface area contributed by atoms with Gasteiger partial charge in [-0.15, -0.1) is 11.3 Å². The lowest BCUT2D eigenvalue weighted by Gasteiger charge is -2.11. The number of benzene rings is 1. The molecule has 0 atom stereocenters. The Kier molecular flexibility index (Phi) is 6.27. The van der Waals surface area contributed by atoms with E-state index in [2.05, 4.69) is 34.7 Å². The van der Waals surface area contributed by atoms with Gasteiger partial charge in [0.15, 0.2) is 5.96 Å². The zero-order chi connectivity index (χ0) is 15.8. The van der Waals surface area contributed by atoms with Gasteiger partial charge in [-0.25, -0.2) is 0 Å². The summed E-state index contributed by atoms with van der Waals surface area (Å²) in [5, 5.41) is 6.66. The van der Waals surface area contributed by atoms with Crippen LogP contribution in [0.1, 0.15) is 22.2 Å². The highest BCUT2D eigenvalue weighted by Crippen LogP contribution is 2.16. The molecule has 0 unspecified atom stereocenters. The lowest BCUT2D eigenvalue weighted by molar-refractivity contribution is 0.414. The van der Waals surface area contributed by atoms with Gasteiger partial charge >= 0.3 is 0 Å². The number of rotatable bonds is 6. The van der Waals surface area contributed by atoms with E-state index in [0.717, 1.165) is 31.2 Å². The summed E-state index contributed by atoms with van der Waals surface area (Å²) < 4.78 is 5.16.